The Bertz CT molecular complexity index is 660. The predicted octanol–water partition coefficient (Wildman–Crippen LogP) is 1.55. The molecule has 1 saturated heterocycles. The highest BCUT2D eigenvalue weighted by molar-refractivity contribution is 5.96. The summed E-state index contributed by atoms with van der Waals surface area (Å²) < 4.78 is 5.06. The number of hydrogen-bond acceptors (Lipinski definition) is 5. The van der Waals surface area contributed by atoms with E-state index in [4.69, 9.17) is 4.74 Å². The molecule has 4 rings (SSSR count). The van der Waals surface area contributed by atoms with Gasteiger partial charge in [0.25, 0.3) is 5.91 Å². The van der Waals surface area contributed by atoms with Gasteiger partial charge in [-0.1, -0.05) is 30.3 Å². The largest absolute Gasteiger partial charge is 0.467 e. The van der Waals surface area contributed by atoms with Gasteiger partial charge in [-0.2, -0.15) is 10.2 Å². The van der Waals surface area contributed by atoms with Crippen LogP contribution >= 0.6 is 0 Å². The molecule has 3 aliphatic rings. The van der Waals surface area contributed by atoms with E-state index in [-0.39, 0.29) is 23.8 Å². The lowest BCUT2D eigenvalue weighted by Crippen LogP contribution is -2.54. The molecule has 0 N–H and O–H groups in total. The molecule has 1 aliphatic carbocycles. The minimum atomic E-state index is -0.902. The van der Waals surface area contributed by atoms with Crippen molar-refractivity contribution in [2.24, 2.45) is 16.1 Å². The standard InChI is InChI=1S/C16H17N3O3/c1-22-15(21)16-8-7-11-12(16)13(18-17-11)14(20)19(16)9-10-5-3-2-4-6-10/h2-6,11-13H,7-9H2,1H3/t11-,12+,13-,16+/m1/s1. The number of likely N-dealkylation sites (tertiary alicyclic amines) is 1. The maximum Gasteiger partial charge on any atom is 0.332 e. The number of ether oxygens (including phenoxy) is 1. The normalized spacial score (nSPS) is 35.0. The first-order valence-electron chi connectivity index (χ1n) is 7.52. The molecule has 2 heterocycles. The van der Waals surface area contributed by atoms with Gasteiger partial charge in [0.1, 0.15) is 5.54 Å². The fourth-order valence-electron chi connectivity index (χ4n) is 4.25. The highest BCUT2D eigenvalue weighted by Gasteiger charge is 2.70. The molecule has 0 bridgehead atoms. The smallest absolute Gasteiger partial charge is 0.332 e. The number of hydrogen-bond donors (Lipinski definition) is 0. The van der Waals surface area contributed by atoms with E-state index < -0.39 is 11.6 Å². The lowest BCUT2D eigenvalue weighted by molar-refractivity contribution is -0.159. The van der Waals surface area contributed by atoms with E-state index in [1.807, 2.05) is 30.3 Å². The molecule has 0 unspecified atom stereocenters. The Balaban J connectivity index is 1.77. The van der Waals surface area contributed by atoms with Gasteiger partial charge in [0.15, 0.2) is 6.04 Å². The summed E-state index contributed by atoms with van der Waals surface area (Å²) in [6.07, 6.45) is 1.38. The Morgan fingerprint density at radius 1 is 1.36 bits per heavy atom. The number of carbonyl (C=O) groups is 2. The van der Waals surface area contributed by atoms with E-state index >= 15 is 0 Å². The Kier molecular flexibility index (Phi) is 2.82. The van der Waals surface area contributed by atoms with Crippen molar-refractivity contribution in [3.63, 3.8) is 0 Å². The van der Waals surface area contributed by atoms with Crippen LogP contribution in [-0.4, -0.2) is 41.5 Å². The first-order chi connectivity index (χ1) is 10.7. The van der Waals surface area contributed by atoms with Crippen molar-refractivity contribution in [2.45, 2.75) is 37.0 Å². The molecular weight excluding hydrogens is 282 g/mol. The Morgan fingerprint density at radius 3 is 2.86 bits per heavy atom. The number of azo groups is 1. The van der Waals surface area contributed by atoms with Crippen molar-refractivity contribution < 1.29 is 14.3 Å². The molecule has 0 aromatic heterocycles. The third kappa shape index (κ3) is 1.55. The maximum absolute atomic E-state index is 12.8. The Labute approximate surface area is 128 Å². The lowest BCUT2D eigenvalue weighted by Gasteiger charge is -2.35. The highest BCUT2D eigenvalue weighted by Crippen LogP contribution is 2.54. The average molecular weight is 299 g/mol. The molecule has 0 radical (unpaired) electrons. The second kappa shape index (κ2) is 4.63. The molecule has 114 valence electrons. The van der Waals surface area contributed by atoms with Gasteiger partial charge >= 0.3 is 5.97 Å². The monoisotopic (exact) mass is 299 g/mol. The summed E-state index contributed by atoms with van der Waals surface area (Å²) in [5.74, 6) is -0.611. The maximum atomic E-state index is 12.8. The molecule has 6 nitrogen and oxygen atoms in total. The number of carbonyl (C=O) groups excluding carboxylic acids is 2. The van der Waals surface area contributed by atoms with Crippen LogP contribution in [0, 0.1) is 5.92 Å². The topological polar surface area (TPSA) is 71.3 Å². The zero-order valence-corrected chi connectivity index (χ0v) is 12.3. The van der Waals surface area contributed by atoms with Crippen LogP contribution in [0.1, 0.15) is 18.4 Å². The van der Waals surface area contributed by atoms with E-state index in [0.717, 1.165) is 12.0 Å². The quantitative estimate of drug-likeness (QED) is 0.795. The van der Waals surface area contributed by atoms with E-state index in [2.05, 4.69) is 10.2 Å². The fourth-order valence-corrected chi connectivity index (χ4v) is 4.25. The molecule has 4 atom stereocenters. The van der Waals surface area contributed by atoms with Crippen LogP contribution < -0.4 is 0 Å². The first-order valence-corrected chi connectivity index (χ1v) is 7.52. The van der Waals surface area contributed by atoms with Crippen molar-refractivity contribution >= 4 is 11.9 Å². The van der Waals surface area contributed by atoms with Gasteiger partial charge in [-0.15, -0.1) is 0 Å². The molecule has 2 aliphatic heterocycles. The van der Waals surface area contributed by atoms with Crippen molar-refractivity contribution in [1.29, 1.82) is 0 Å². The minimum absolute atomic E-state index is 0.0335. The van der Waals surface area contributed by atoms with E-state index in [9.17, 15) is 9.59 Å². The number of rotatable bonds is 3. The summed E-state index contributed by atoms with van der Waals surface area (Å²) in [6, 6.07) is 9.15. The molecule has 6 heteroatoms. The molecule has 22 heavy (non-hydrogen) atoms. The van der Waals surface area contributed by atoms with Gasteiger partial charge in [-0.3, -0.25) is 4.79 Å². The Hall–Kier alpha value is -2.24. The van der Waals surface area contributed by atoms with Gasteiger partial charge in [-0.05, 0) is 18.4 Å². The van der Waals surface area contributed by atoms with Crippen LogP contribution in [0.3, 0.4) is 0 Å². The summed E-state index contributed by atoms with van der Waals surface area (Å²) in [5, 5.41) is 8.34. The van der Waals surface area contributed by atoms with Gasteiger partial charge < -0.3 is 9.64 Å². The summed E-state index contributed by atoms with van der Waals surface area (Å²) in [4.78, 5) is 27.0. The SMILES string of the molecule is COC(=O)[C@@]12CC[C@H]3N=N[C@@H](C(=O)N1Cc1ccccc1)[C@H]32. The molecule has 0 spiro atoms. The summed E-state index contributed by atoms with van der Waals surface area (Å²) in [5.41, 5.74) is 0.0973. The first kappa shape index (κ1) is 13.4. The van der Waals surface area contributed by atoms with Crippen LogP contribution in [0.4, 0.5) is 0 Å². The molecule has 2 fully saturated rings. The number of nitrogens with zero attached hydrogens (tertiary/aromatic N) is 3. The Morgan fingerprint density at radius 2 is 2.14 bits per heavy atom. The zero-order chi connectivity index (χ0) is 15.3. The van der Waals surface area contributed by atoms with E-state index in [1.165, 1.54) is 7.11 Å². The molecule has 1 aromatic rings. The van der Waals surface area contributed by atoms with Gasteiger partial charge in [-0.25, -0.2) is 4.79 Å². The van der Waals surface area contributed by atoms with E-state index in [0.29, 0.717) is 13.0 Å². The molecule has 1 amide bonds. The van der Waals surface area contributed by atoms with Gasteiger partial charge in [0.05, 0.1) is 19.1 Å². The van der Waals surface area contributed by atoms with Crippen LogP contribution in [0.2, 0.25) is 0 Å². The minimum Gasteiger partial charge on any atom is -0.467 e. The van der Waals surface area contributed by atoms with Crippen molar-refractivity contribution in [2.75, 3.05) is 7.11 Å². The van der Waals surface area contributed by atoms with Crippen molar-refractivity contribution in [3.8, 4) is 0 Å². The van der Waals surface area contributed by atoms with Crippen LogP contribution in [0.25, 0.3) is 0 Å². The second-order valence-electron chi connectivity index (χ2n) is 6.13. The number of amides is 1. The second-order valence-corrected chi connectivity index (χ2v) is 6.13. The predicted molar refractivity (Wildman–Crippen MR) is 76.9 cm³/mol. The third-order valence-corrected chi connectivity index (χ3v) is 5.19. The fraction of sp³-hybridized carbons (Fsp3) is 0.500. The number of methoxy groups -OCH3 is 1. The summed E-state index contributed by atoms with van der Waals surface area (Å²) >= 11 is 0. The average Bonchev–Trinajstić information content (AvgIpc) is 3.19. The molecular formula is C16H17N3O3. The van der Waals surface area contributed by atoms with Crippen molar-refractivity contribution in [1.82, 2.24) is 4.90 Å². The number of benzene rings is 1. The van der Waals surface area contributed by atoms with Crippen LogP contribution in [0.5, 0.6) is 0 Å². The number of esters is 1. The molecule has 1 aromatic carbocycles. The third-order valence-electron chi connectivity index (χ3n) is 5.19. The zero-order valence-electron chi connectivity index (χ0n) is 12.3. The van der Waals surface area contributed by atoms with Gasteiger partial charge in [0.2, 0.25) is 0 Å². The summed E-state index contributed by atoms with van der Waals surface area (Å²) in [6.45, 7) is 0.407. The van der Waals surface area contributed by atoms with E-state index in [1.54, 1.807) is 4.90 Å². The summed E-state index contributed by atoms with van der Waals surface area (Å²) in [7, 11) is 1.38. The van der Waals surface area contributed by atoms with Crippen LogP contribution in [0.15, 0.2) is 40.6 Å². The van der Waals surface area contributed by atoms with Crippen LogP contribution in [-0.2, 0) is 20.9 Å². The highest BCUT2D eigenvalue weighted by atomic mass is 16.5. The lowest BCUT2D eigenvalue weighted by atomic mass is 9.84. The van der Waals surface area contributed by atoms with Crippen molar-refractivity contribution in [3.05, 3.63) is 35.9 Å². The molecule has 1 saturated carbocycles. The van der Waals surface area contributed by atoms with Gasteiger partial charge in [0, 0.05) is 6.54 Å².